The molecule has 0 saturated carbocycles. The van der Waals surface area contributed by atoms with Crippen molar-refractivity contribution in [2.75, 3.05) is 39.8 Å². The van der Waals surface area contributed by atoms with E-state index in [9.17, 15) is 0 Å². The molecule has 0 amide bonds. The Morgan fingerprint density at radius 3 is 2.45 bits per heavy atom. The number of nitrogens with zero attached hydrogens (tertiary/aromatic N) is 2. The molecule has 2 N–H and O–H groups in total. The maximum Gasteiger partial charge on any atom is 0.0597 e. The fourth-order valence-corrected chi connectivity index (χ4v) is 3.12. The highest BCUT2D eigenvalue weighted by atomic mass is 16.5. The van der Waals surface area contributed by atoms with Crippen molar-refractivity contribution in [3.05, 3.63) is 0 Å². The maximum atomic E-state index is 6.16. The van der Waals surface area contributed by atoms with E-state index in [0.717, 1.165) is 26.2 Å². The zero-order valence-corrected chi connectivity index (χ0v) is 14.2. The van der Waals surface area contributed by atoms with Gasteiger partial charge < -0.3 is 15.4 Å². The summed E-state index contributed by atoms with van der Waals surface area (Å²) < 4.78 is 5.69. The van der Waals surface area contributed by atoms with Crippen molar-refractivity contribution < 1.29 is 4.74 Å². The predicted molar refractivity (Wildman–Crippen MR) is 86.1 cm³/mol. The fourth-order valence-electron chi connectivity index (χ4n) is 3.12. The van der Waals surface area contributed by atoms with E-state index in [0.29, 0.717) is 12.1 Å². The van der Waals surface area contributed by atoms with Crippen molar-refractivity contribution in [2.45, 2.75) is 64.6 Å². The Hall–Kier alpha value is -0.160. The standard InChI is InChI=1S/C16H35N3O/c1-14(2)19-9-6-7-16(13-17,8-10-19)18(5)11-12-20-15(3)4/h14-15H,6-13,17H2,1-5H3. The summed E-state index contributed by atoms with van der Waals surface area (Å²) in [6, 6.07) is 0.637. The average Bonchev–Trinajstić information content (AvgIpc) is 2.61. The average molecular weight is 285 g/mol. The Morgan fingerprint density at radius 1 is 1.20 bits per heavy atom. The molecule has 1 aliphatic rings. The van der Waals surface area contributed by atoms with Crippen LogP contribution in [0.4, 0.5) is 0 Å². The largest absolute Gasteiger partial charge is 0.377 e. The first-order valence-electron chi connectivity index (χ1n) is 8.18. The molecule has 0 bridgehead atoms. The predicted octanol–water partition coefficient (Wildman–Crippen LogP) is 1.94. The number of hydrogen-bond donors (Lipinski definition) is 1. The Morgan fingerprint density at radius 2 is 1.90 bits per heavy atom. The lowest BCUT2D eigenvalue weighted by molar-refractivity contribution is 0.0295. The summed E-state index contributed by atoms with van der Waals surface area (Å²) >= 11 is 0. The first kappa shape index (κ1) is 17.9. The van der Waals surface area contributed by atoms with Gasteiger partial charge in [0.05, 0.1) is 12.7 Å². The van der Waals surface area contributed by atoms with Crippen LogP contribution >= 0.6 is 0 Å². The second-order valence-corrected chi connectivity index (χ2v) is 6.75. The Bertz CT molecular complexity index is 270. The molecular weight excluding hydrogens is 250 g/mol. The van der Waals surface area contributed by atoms with Gasteiger partial charge in [0, 0.05) is 31.2 Å². The highest BCUT2D eigenvalue weighted by molar-refractivity contribution is 4.93. The minimum atomic E-state index is 0.157. The Kier molecular flexibility index (Phi) is 7.45. The minimum Gasteiger partial charge on any atom is -0.377 e. The van der Waals surface area contributed by atoms with Crippen LogP contribution in [0.1, 0.15) is 47.0 Å². The van der Waals surface area contributed by atoms with Crippen LogP contribution in [0.5, 0.6) is 0 Å². The molecule has 1 aliphatic heterocycles. The van der Waals surface area contributed by atoms with Crippen LogP contribution in [0, 0.1) is 0 Å². The first-order valence-corrected chi connectivity index (χ1v) is 8.18. The molecule has 0 aromatic heterocycles. The number of hydrogen-bond acceptors (Lipinski definition) is 4. The number of nitrogens with two attached hydrogens (primary N) is 1. The van der Waals surface area contributed by atoms with E-state index < -0.39 is 0 Å². The van der Waals surface area contributed by atoms with Gasteiger partial charge in [-0.05, 0) is 60.5 Å². The molecule has 0 radical (unpaired) electrons. The van der Waals surface area contributed by atoms with Crippen LogP contribution < -0.4 is 5.73 Å². The summed E-state index contributed by atoms with van der Waals surface area (Å²) in [6.45, 7) is 13.6. The molecule has 1 unspecified atom stereocenters. The number of ether oxygens (including phenoxy) is 1. The first-order chi connectivity index (χ1) is 9.41. The lowest BCUT2D eigenvalue weighted by Gasteiger charge is -2.41. The van der Waals surface area contributed by atoms with Gasteiger partial charge in [-0.2, -0.15) is 0 Å². The van der Waals surface area contributed by atoms with Crippen LogP contribution in [0.3, 0.4) is 0 Å². The molecule has 4 nitrogen and oxygen atoms in total. The summed E-state index contributed by atoms with van der Waals surface area (Å²) in [4.78, 5) is 5.02. The van der Waals surface area contributed by atoms with Crippen LogP contribution in [0.15, 0.2) is 0 Å². The molecule has 0 aliphatic carbocycles. The van der Waals surface area contributed by atoms with Gasteiger partial charge in [0.1, 0.15) is 0 Å². The molecule has 1 fully saturated rings. The van der Waals surface area contributed by atoms with E-state index in [1.54, 1.807) is 0 Å². The van der Waals surface area contributed by atoms with Crippen molar-refractivity contribution >= 4 is 0 Å². The number of likely N-dealkylation sites (tertiary alicyclic amines) is 1. The molecule has 20 heavy (non-hydrogen) atoms. The summed E-state index contributed by atoms with van der Waals surface area (Å²) in [6.07, 6.45) is 3.91. The maximum absolute atomic E-state index is 6.16. The zero-order valence-electron chi connectivity index (χ0n) is 14.2. The van der Waals surface area contributed by atoms with E-state index in [-0.39, 0.29) is 5.54 Å². The van der Waals surface area contributed by atoms with Crippen molar-refractivity contribution in [1.29, 1.82) is 0 Å². The SMILES string of the molecule is CC(C)OCCN(C)C1(CN)CCCN(C(C)C)CC1. The van der Waals surface area contributed by atoms with Gasteiger partial charge in [-0.25, -0.2) is 0 Å². The molecule has 1 saturated heterocycles. The number of likely N-dealkylation sites (N-methyl/N-ethyl adjacent to an activating group) is 1. The van der Waals surface area contributed by atoms with Gasteiger partial charge in [0.2, 0.25) is 0 Å². The number of rotatable bonds is 7. The summed E-state index contributed by atoms with van der Waals surface area (Å²) in [7, 11) is 2.21. The lowest BCUT2D eigenvalue weighted by atomic mass is 9.89. The second-order valence-electron chi connectivity index (χ2n) is 6.75. The normalized spacial score (nSPS) is 25.6. The molecule has 0 spiro atoms. The second kappa shape index (κ2) is 8.32. The van der Waals surface area contributed by atoms with Crippen molar-refractivity contribution in [3.63, 3.8) is 0 Å². The molecule has 120 valence electrons. The molecular formula is C16H35N3O. The minimum absolute atomic E-state index is 0.157. The van der Waals surface area contributed by atoms with Crippen molar-refractivity contribution in [1.82, 2.24) is 9.80 Å². The lowest BCUT2D eigenvalue weighted by Crippen LogP contribution is -2.53. The Balaban J connectivity index is 2.57. The van der Waals surface area contributed by atoms with Crippen molar-refractivity contribution in [2.24, 2.45) is 5.73 Å². The molecule has 4 heteroatoms. The van der Waals surface area contributed by atoms with E-state index in [1.165, 1.54) is 25.8 Å². The van der Waals surface area contributed by atoms with Crippen LogP contribution in [0.2, 0.25) is 0 Å². The topological polar surface area (TPSA) is 41.7 Å². The third-order valence-electron chi connectivity index (χ3n) is 4.75. The van der Waals surface area contributed by atoms with E-state index >= 15 is 0 Å². The molecule has 1 heterocycles. The molecule has 1 atom stereocenters. The summed E-state index contributed by atoms with van der Waals surface area (Å²) in [5.41, 5.74) is 6.32. The quantitative estimate of drug-likeness (QED) is 0.776. The van der Waals surface area contributed by atoms with Crippen LogP contribution in [-0.2, 0) is 4.74 Å². The fraction of sp³-hybridized carbons (Fsp3) is 1.00. The highest BCUT2D eigenvalue weighted by Crippen LogP contribution is 2.27. The third-order valence-corrected chi connectivity index (χ3v) is 4.75. The molecule has 0 aromatic carbocycles. The zero-order chi connectivity index (χ0) is 15.2. The molecule has 0 aromatic rings. The summed E-state index contributed by atoms with van der Waals surface area (Å²) in [5, 5.41) is 0. The van der Waals surface area contributed by atoms with Gasteiger partial charge in [-0.15, -0.1) is 0 Å². The summed E-state index contributed by atoms with van der Waals surface area (Å²) in [5.74, 6) is 0. The van der Waals surface area contributed by atoms with E-state index in [2.05, 4.69) is 44.5 Å². The molecule has 1 rings (SSSR count). The van der Waals surface area contributed by atoms with Crippen molar-refractivity contribution in [3.8, 4) is 0 Å². The third kappa shape index (κ3) is 4.99. The smallest absolute Gasteiger partial charge is 0.0597 e. The Labute approximate surface area is 125 Å². The van der Waals surface area contributed by atoms with Gasteiger partial charge in [-0.3, -0.25) is 4.90 Å². The van der Waals surface area contributed by atoms with Gasteiger partial charge in [-0.1, -0.05) is 0 Å². The monoisotopic (exact) mass is 285 g/mol. The van der Waals surface area contributed by atoms with Crippen LogP contribution in [-0.4, -0.2) is 67.3 Å². The van der Waals surface area contributed by atoms with Gasteiger partial charge >= 0.3 is 0 Å². The van der Waals surface area contributed by atoms with Crippen LogP contribution in [0.25, 0.3) is 0 Å². The van der Waals surface area contributed by atoms with E-state index in [4.69, 9.17) is 10.5 Å². The van der Waals surface area contributed by atoms with E-state index in [1.807, 2.05) is 0 Å². The van der Waals surface area contributed by atoms with Gasteiger partial charge in [0.15, 0.2) is 0 Å². The highest BCUT2D eigenvalue weighted by Gasteiger charge is 2.35. The van der Waals surface area contributed by atoms with Gasteiger partial charge in [0.25, 0.3) is 0 Å².